The van der Waals surface area contributed by atoms with Crippen LogP contribution in [0.15, 0.2) is 0 Å². The molecule has 3 fully saturated rings. The average molecular weight is 280 g/mol. The summed E-state index contributed by atoms with van der Waals surface area (Å²) in [5, 5.41) is 3.29. The third-order valence-corrected chi connectivity index (χ3v) is 5.30. The molecule has 4 nitrogen and oxygen atoms in total. The van der Waals surface area contributed by atoms with Crippen LogP contribution in [-0.4, -0.2) is 49.7 Å². The highest BCUT2D eigenvalue weighted by molar-refractivity contribution is 5.72. The number of fused-ring (bicyclic) bond motifs is 1. The first-order valence-electron chi connectivity index (χ1n) is 8.46. The maximum absolute atomic E-state index is 12.1. The predicted molar refractivity (Wildman–Crippen MR) is 78.5 cm³/mol. The third-order valence-electron chi connectivity index (χ3n) is 5.30. The Morgan fingerprint density at radius 3 is 2.85 bits per heavy atom. The molecule has 0 unspecified atom stereocenters. The zero-order valence-electron chi connectivity index (χ0n) is 12.5. The Morgan fingerprint density at radius 2 is 2.00 bits per heavy atom. The van der Waals surface area contributed by atoms with Gasteiger partial charge in [0.25, 0.3) is 0 Å². The minimum atomic E-state index is 0.0325. The van der Waals surface area contributed by atoms with E-state index in [0.717, 1.165) is 25.9 Å². The number of carbonyl (C=O) groups excluding carboxylic acids is 1. The molecule has 0 aromatic rings. The molecule has 1 N–H and O–H groups in total. The number of carbonyl (C=O) groups is 1. The van der Waals surface area contributed by atoms with E-state index in [9.17, 15) is 4.79 Å². The van der Waals surface area contributed by atoms with Gasteiger partial charge < -0.3 is 10.1 Å². The number of rotatable bonds is 3. The van der Waals surface area contributed by atoms with Crippen LogP contribution in [0, 0.1) is 11.8 Å². The standard InChI is InChI=1S/C16H28N2O2/c19-16(13-5-3-8-17-11-13)20-12-14-6-4-10-18-9-2-1-7-15(14)18/h13-15,17H,1-12H2/t13-,14-,15+/m1/s1. The summed E-state index contributed by atoms with van der Waals surface area (Å²) in [6, 6.07) is 0.676. The van der Waals surface area contributed by atoms with Gasteiger partial charge in [0.05, 0.1) is 12.5 Å². The predicted octanol–water partition coefficient (Wildman–Crippen LogP) is 1.79. The molecule has 0 aromatic heterocycles. The molecule has 0 bridgehead atoms. The largest absolute Gasteiger partial charge is 0.465 e. The van der Waals surface area contributed by atoms with Crippen LogP contribution < -0.4 is 5.32 Å². The zero-order chi connectivity index (χ0) is 13.8. The highest BCUT2D eigenvalue weighted by atomic mass is 16.5. The molecule has 3 rings (SSSR count). The van der Waals surface area contributed by atoms with Gasteiger partial charge in [0.15, 0.2) is 0 Å². The number of hydrogen-bond acceptors (Lipinski definition) is 4. The molecule has 0 amide bonds. The lowest BCUT2D eigenvalue weighted by atomic mass is 9.84. The Labute approximate surface area is 122 Å². The lowest BCUT2D eigenvalue weighted by Gasteiger charge is -2.44. The summed E-state index contributed by atoms with van der Waals surface area (Å²) >= 11 is 0. The molecule has 0 aliphatic carbocycles. The lowest BCUT2D eigenvalue weighted by Crippen LogP contribution is -2.49. The molecular weight excluding hydrogens is 252 g/mol. The lowest BCUT2D eigenvalue weighted by molar-refractivity contribution is -0.152. The normalized spacial score (nSPS) is 35.3. The van der Waals surface area contributed by atoms with Gasteiger partial charge in [-0.05, 0) is 58.2 Å². The number of nitrogens with one attached hydrogen (secondary N) is 1. The second kappa shape index (κ2) is 6.90. The topological polar surface area (TPSA) is 41.6 Å². The Morgan fingerprint density at radius 1 is 1.10 bits per heavy atom. The highest BCUT2D eigenvalue weighted by Crippen LogP contribution is 2.31. The van der Waals surface area contributed by atoms with E-state index < -0.39 is 0 Å². The fourth-order valence-electron chi connectivity index (χ4n) is 4.13. The van der Waals surface area contributed by atoms with Gasteiger partial charge in [-0.25, -0.2) is 0 Å². The van der Waals surface area contributed by atoms with Gasteiger partial charge in [-0.3, -0.25) is 9.69 Å². The van der Waals surface area contributed by atoms with E-state index in [2.05, 4.69) is 10.2 Å². The molecule has 20 heavy (non-hydrogen) atoms. The number of piperidine rings is 3. The molecule has 3 heterocycles. The molecule has 3 aliphatic heterocycles. The van der Waals surface area contributed by atoms with E-state index in [1.807, 2.05) is 0 Å². The Balaban J connectivity index is 1.48. The molecule has 4 heteroatoms. The van der Waals surface area contributed by atoms with Crippen LogP contribution in [0.25, 0.3) is 0 Å². The maximum atomic E-state index is 12.1. The Bertz CT molecular complexity index is 326. The van der Waals surface area contributed by atoms with Crippen LogP contribution in [-0.2, 0) is 9.53 Å². The monoisotopic (exact) mass is 280 g/mol. The molecule has 0 aromatic carbocycles. The Kier molecular flexibility index (Phi) is 4.94. The van der Waals surface area contributed by atoms with Gasteiger partial charge in [0, 0.05) is 18.5 Å². The van der Waals surface area contributed by atoms with Crippen molar-refractivity contribution in [3.05, 3.63) is 0 Å². The second-order valence-electron chi connectivity index (χ2n) is 6.67. The first kappa shape index (κ1) is 14.3. The minimum Gasteiger partial charge on any atom is -0.465 e. The summed E-state index contributed by atoms with van der Waals surface area (Å²) < 4.78 is 5.66. The van der Waals surface area contributed by atoms with Crippen molar-refractivity contribution in [3.63, 3.8) is 0 Å². The average Bonchev–Trinajstić information content (AvgIpc) is 2.53. The van der Waals surface area contributed by atoms with Crippen molar-refractivity contribution in [2.75, 3.05) is 32.8 Å². The van der Waals surface area contributed by atoms with Crippen LogP contribution >= 0.6 is 0 Å². The minimum absolute atomic E-state index is 0.0325. The number of hydrogen-bond donors (Lipinski definition) is 1. The van der Waals surface area contributed by atoms with Crippen LogP contribution in [0.3, 0.4) is 0 Å². The van der Waals surface area contributed by atoms with Crippen molar-refractivity contribution in [2.24, 2.45) is 11.8 Å². The Hall–Kier alpha value is -0.610. The quantitative estimate of drug-likeness (QED) is 0.800. The van der Waals surface area contributed by atoms with Crippen molar-refractivity contribution < 1.29 is 9.53 Å². The molecule has 3 saturated heterocycles. The van der Waals surface area contributed by atoms with Crippen LogP contribution in [0.1, 0.15) is 44.9 Å². The molecule has 3 aliphatic rings. The number of nitrogens with zero attached hydrogens (tertiary/aromatic N) is 1. The molecule has 0 saturated carbocycles. The highest BCUT2D eigenvalue weighted by Gasteiger charge is 2.34. The fourth-order valence-corrected chi connectivity index (χ4v) is 4.13. The summed E-state index contributed by atoms with van der Waals surface area (Å²) in [4.78, 5) is 14.8. The summed E-state index contributed by atoms with van der Waals surface area (Å²) in [6.45, 7) is 5.00. The van der Waals surface area contributed by atoms with Crippen LogP contribution in [0.2, 0.25) is 0 Å². The van der Waals surface area contributed by atoms with Crippen molar-refractivity contribution in [1.29, 1.82) is 0 Å². The summed E-state index contributed by atoms with van der Waals surface area (Å²) in [5.74, 6) is 0.699. The fraction of sp³-hybridized carbons (Fsp3) is 0.938. The van der Waals surface area contributed by atoms with E-state index in [1.165, 1.54) is 45.2 Å². The van der Waals surface area contributed by atoms with Crippen molar-refractivity contribution in [3.8, 4) is 0 Å². The van der Waals surface area contributed by atoms with Gasteiger partial charge in [-0.2, -0.15) is 0 Å². The second-order valence-corrected chi connectivity index (χ2v) is 6.67. The van der Waals surface area contributed by atoms with Gasteiger partial charge in [0.1, 0.15) is 0 Å². The first-order chi connectivity index (χ1) is 9.84. The van der Waals surface area contributed by atoms with E-state index in [0.29, 0.717) is 18.6 Å². The molecule has 0 radical (unpaired) electrons. The number of ether oxygens (including phenoxy) is 1. The van der Waals surface area contributed by atoms with E-state index in [-0.39, 0.29) is 11.9 Å². The van der Waals surface area contributed by atoms with Gasteiger partial charge in [-0.1, -0.05) is 6.42 Å². The van der Waals surface area contributed by atoms with Gasteiger partial charge in [-0.15, -0.1) is 0 Å². The number of esters is 1. The van der Waals surface area contributed by atoms with Crippen molar-refractivity contribution in [1.82, 2.24) is 10.2 Å². The van der Waals surface area contributed by atoms with E-state index >= 15 is 0 Å². The zero-order valence-corrected chi connectivity index (χ0v) is 12.5. The van der Waals surface area contributed by atoms with E-state index in [1.54, 1.807) is 0 Å². The van der Waals surface area contributed by atoms with Gasteiger partial charge in [0.2, 0.25) is 0 Å². The maximum Gasteiger partial charge on any atom is 0.310 e. The molecule has 0 spiro atoms. The van der Waals surface area contributed by atoms with Gasteiger partial charge >= 0.3 is 5.97 Å². The van der Waals surface area contributed by atoms with Crippen LogP contribution in [0.5, 0.6) is 0 Å². The molecule has 114 valence electrons. The van der Waals surface area contributed by atoms with Crippen molar-refractivity contribution in [2.45, 2.75) is 51.0 Å². The molecular formula is C16H28N2O2. The van der Waals surface area contributed by atoms with E-state index in [4.69, 9.17) is 4.74 Å². The van der Waals surface area contributed by atoms with Crippen molar-refractivity contribution >= 4 is 5.97 Å². The SMILES string of the molecule is O=C(OC[C@H]1CCCN2CCCC[C@@H]12)[C@@H]1CCCNC1. The van der Waals surface area contributed by atoms with Crippen LogP contribution in [0.4, 0.5) is 0 Å². The first-order valence-corrected chi connectivity index (χ1v) is 8.46. The summed E-state index contributed by atoms with van der Waals surface area (Å²) in [7, 11) is 0. The third kappa shape index (κ3) is 3.34. The smallest absolute Gasteiger partial charge is 0.310 e. The summed E-state index contributed by atoms with van der Waals surface area (Å²) in [5.41, 5.74) is 0. The molecule has 3 atom stereocenters. The summed E-state index contributed by atoms with van der Waals surface area (Å²) in [6.07, 6.45) is 8.58.